The van der Waals surface area contributed by atoms with Crippen LogP contribution in [0.4, 0.5) is 5.69 Å². The zero-order valence-electron chi connectivity index (χ0n) is 13.4. The summed E-state index contributed by atoms with van der Waals surface area (Å²) in [6, 6.07) is 8.08. The van der Waals surface area contributed by atoms with E-state index in [4.69, 9.17) is 4.74 Å². The van der Waals surface area contributed by atoms with Gasteiger partial charge in [0.25, 0.3) is 0 Å². The Morgan fingerprint density at radius 1 is 1.24 bits per heavy atom. The Bertz CT molecular complexity index is 482. The molecule has 2 rings (SSSR count). The maximum atomic E-state index is 12.0. The van der Waals surface area contributed by atoms with Gasteiger partial charge in [0, 0.05) is 52.0 Å². The van der Waals surface area contributed by atoms with Gasteiger partial charge in [0.05, 0.1) is 13.2 Å². The molecule has 1 atom stereocenters. The van der Waals surface area contributed by atoms with Crippen LogP contribution in [0.3, 0.4) is 0 Å². The van der Waals surface area contributed by atoms with Crippen LogP contribution in [0.5, 0.6) is 5.75 Å². The molecule has 0 aromatic heterocycles. The van der Waals surface area contributed by atoms with Gasteiger partial charge in [-0.2, -0.15) is 0 Å². The fourth-order valence-corrected chi connectivity index (χ4v) is 2.70. The highest BCUT2D eigenvalue weighted by Crippen LogP contribution is 2.22. The van der Waals surface area contributed by atoms with Gasteiger partial charge in [-0.3, -0.25) is 9.69 Å². The summed E-state index contributed by atoms with van der Waals surface area (Å²) in [6.07, 6.45) is 0. The standard InChI is InChI=1S/C16H25N3O2/c1-13(16(20)17(2)3)18-8-10-19(11-9-18)14-6-5-7-15(12-14)21-4/h5-7,12-13H,8-11H2,1-4H3/t13-/m1/s1. The third-order valence-corrected chi connectivity index (χ3v) is 4.08. The average Bonchev–Trinajstić information content (AvgIpc) is 2.53. The van der Waals surface area contributed by atoms with Crippen LogP contribution >= 0.6 is 0 Å². The first-order chi connectivity index (χ1) is 10.0. The fourth-order valence-electron chi connectivity index (χ4n) is 2.70. The molecular formula is C16H25N3O2. The first-order valence-electron chi connectivity index (χ1n) is 7.37. The molecule has 5 heteroatoms. The number of amides is 1. The third kappa shape index (κ3) is 3.67. The predicted octanol–water partition coefficient (Wildman–Crippen LogP) is 1.29. The lowest BCUT2D eigenvalue weighted by Crippen LogP contribution is -2.53. The minimum absolute atomic E-state index is 0.0486. The van der Waals surface area contributed by atoms with Gasteiger partial charge in [0.15, 0.2) is 0 Å². The number of ether oxygens (including phenoxy) is 1. The molecule has 0 bridgehead atoms. The Kier molecular flexibility index (Phi) is 5.07. The molecule has 1 fully saturated rings. The molecular weight excluding hydrogens is 266 g/mol. The van der Waals surface area contributed by atoms with E-state index in [9.17, 15) is 4.79 Å². The van der Waals surface area contributed by atoms with E-state index < -0.39 is 0 Å². The number of carbonyl (C=O) groups excluding carboxylic acids is 1. The van der Waals surface area contributed by atoms with Gasteiger partial charge in [-0.15, -0.1) is 0 Å². The summed E-state index contributed by atoms with van der Waals surface area (Å²) in [4.78, 5) is 18.3. The van der Waals surface area contributed by atoms with Crippen molar-refractivity contribution in [2.45, 2.75) is 13.0 Å². The number of hydrogen-bond acceptors (Lipinski definition) is 4. The molecule has 0 aliphatic carbocycles. The van der Waals surface area contributed by atoms with E-state index in [2.05, 4.69) is 21.9 Å². The molecule has 0 saturated carbocycles. The van der Waals surface area contributed by atoms with Crippen LogP contribution in [0.1, 0.15) is 6.92 Å². The van der Waals surface area contributed by atoms with E-state index in [-0.39, 0.29) is 11.9 Å². The van der Waals surface area contributed by atoms with Gasteiger partial charge in [-0.05, 0) is 19.1 Å². The smallest absolute Gasteiger partial charge is 0.239 e. The molecule has 0 unspecified atom stereocenters. The van der Waals surface area contributed by atoms with Crippen LogP contribution in [0.2, 0.25) is 0 Å². The van der Waals surface area contributed by atoms with Crippen LogP contribution in [0.15, 0.2) is 24.3 Å². The number of hydrogen-bond donors (Lipinski definition) is 0. The molecule has 116 valence electrons. The van der Waals surface area contributed by atoms with E-state index in [0.717, 1.165) is 31.9 Å². The van der Waals surface area contributed by atoms with E-state index >= 15 is 0 Å². The molecule has 1 aromatic carbocycles. The Labute approximate surface area is 127 Å². The molecule has 0 radical (unpaired) electrons. The van der Waals surface area contributed by atoms with Crippen molar-refractivity contribution in [2.75, 3.05) is 52.3 Å². The predicted molar refractivity (Wildman–Crippen MR) is 84.9 cm³/mol. The number of anilines is 1. The number of nitrogens with zero attached hydrogens (tertiary/aromatic N) is 3. The lowest BCUT2D eigenvalue weighted by Gasteiger charge is -2.39. The number of rotatable bonds is 4. The van der Waals surface area contributed by atoms with Gasteiger partial charge in [0.2, 0.25) is 5.91 Å². The number of benzene rings is 1. The van der Waals surface area contributed by atoms with Crippen LogP contribution in [-0.4, -0.2) is 69.1 Å². The van der Waals surface area contributed by atoms with Crippen molar-refractivity contribution in [3.8, 4) is 5.75 Å². The second-order valence-electron chi connectivity index (χ2n) is 5.63. The molecule has 21 heavy (non-hydrogen) atoms. The summed E-state index contributed by atoms with van der Waals surface area (Å²) in [5.74, 6) is 1.05. The molecule has 1 saturated heterocycles. The van der Waals surface area contributed by atoms with Crippen LogP contribution in [-0.2, 0) is 4.79 Å². The first kappa shape index (κ1) is 15.6. The number of carbonyl (C=O) groups is 1. The van der Waals surface area contributed by atoms with Crippen molar-refractivity contribution in [3.63, 3.8) is 0 Å². The van der Waals surface area contributed by atoms with Crippen molar-refractivity contribution >= 4 is 11.6 Å². The molecule has 0 spiro atoms. The van der Waals surface area contributed by atoms with E-state index in [0.29, 0.717) is 0 Å². The largest absolute Gasteiger partial charge is 0.497 e. The number of likely N-dealkylation sites (N-methyl/N-ethyl adjacent to an activating group) is 1. The zero-order valence-corrected chi connectivity index (χ0v) is 13.4. The maximum Gasteiger partial charge on any atom is 0.239 e. The molecule has 1 heterocycles. The molecule has 1 aliphatic heterocycles. The van der Waals surface area contributed by atoms with Gasteiger partial charge >= 0.3 is 0 Å². The van der Waals surface area contributed by atoms with Gasteiger partial charge in [-0.1, -0.05) is 6.07 Å². The molecule has 1 aromatic rings. The Morgan fingerprint density at radius 3 is 2.48 bits per heavy atom. The highest BCUT2D eigenvalue weighted by atomic mass is 16.5. The fraction of sp³-hybridized carbons (Fsp3) is 0.562. The summed E-state index contributed by atoms with van der Waals surface area (Å²) in [6.45, 7) is 5.65. The van der Waals surface area contributed by atoms with Gasteiger partial charge in [-0.25, -0.2) is 0 Å². The Balaban J connectivity index is 1.95. The topological polar surface area (TPSA) is 36.0 Å². The monoisotopic (exact) mass is 291 g/mol. The minimum Gasteiger partial charge on any atom is -0.497 e. The lowest BCUT2D eigenvalue weighted by molar-refractivity contribution is -0.133. The van der Waals surface area contributed by atoms with Gasteiger partial charge in [0.1, 0.15) is 5.75 Å². The quantitative estimate of drug-likeness (QED) is 0.837. The second kappa shape index (κ2) is 6.80. The van der Waals surface area contributed by atoms with E-state index in [1.54, 1.807) is 12.0 Å². The van der Waals surface area contributed by atoms with Crippen molar-refractivity contribution < 1.29 is 9.53 Å². The highest BCUT2D eigenvalue weighted by Gasteiger charge is 2.26. The van der Waals surface area contributed by atoms with Crippen LogP contribution in [0.25, 0.3) is 0 Å². The van der Waals surface area contributed by atoms with Crippen LogP contribution in [0, 0.1) is 0 Å². The lowest BCUT2D eigenvalue weighted by atomic mass is 10.2. The zero-order chi connectivity index (χ0) is 15.4. The van der Waals surface area contributed by atoms with Crippen molar-refractivity contribution in [1.29, 1.82) is 0 Å². The van der Waals surface area contributed by atoms with Crippen molar-refractivity contribution in [3.05, 3.63) is 24.3 Å². The molecule has 5 nitrogen and oxygen atoms in total. The normalized spacial score (nSPS) is 17.4. The molecule has 1 amide bonds. The highest BCUT2D eigenvalue weighted by molar-refractivity contribution is 5.81. The summed E-state index contributed by atoms with van der Waals surface area (Å²) in [7, 11) is 5.31. The minimum atomic E-state index is -0.0486. The summed E-state index contributed by atoms with van der Waals surface area (Å²) >= 11 is 0. The first-order valence-corrected chi connectivity index (χ1v) is 7.37. The molecule has 0 N–H and O–H groups in total. The van der Waals surface area contributed by atoms with Crippen molar-refractivity contribution in [1.82, 2.24) is 9.80 Å². The van der Waals surface area contributed by atoms with E-state index in [1.807, 2.05) is 33.2 Å². The SMILES string of the molecule is COc1cccc(N2CCN([C@H](C)C(=O)N(C)C)CC2)c1. The number of methoxy groups -OCH3 is 1. The van der Waals surface area contributed by atoms with Crippen molar-refractivity contribution in [2.24, 2.45) is 0 Å². The Hall–Kier alpha value is -1.75. The van der Waals surface area contributed by atoms with Crippen LogP contribution < -0.4 is 9.64 Å². The summed E-state index contributed by atoms with van der Waals surface area (Å²) < 4.78 is 5.28. The average molecular weight is 291 g/mol. The maximum absolute atomic E-state index is 12.0. The Morgan fingerprint density at radius 2 is 1.90 bits per heavy atom. The van der Waals surface area contributed by atoms with Gasteiger partial charge < -0.3 is 14.5 Å². The third-order valence-electron chi connectivity index (χ3n) is 4.08. The molecule has 1 aliphatic rings. The summed E-state index contributed by atoms with van der Waals surface area (Å²) in [5, 5.41) is 0. The second-order valence-corrected chi connectivity index (χ2v) is 5.63. The number of piperazine rings is 1. The van der Waals surface area contributed by atoms with E-state index in [1.165, 1.54) is 5.69 Å². The summed E-state index contributed by atoms with van der Waals surface area (Å²) in [5.41, 5.74) is 1.18.